The molecule has 10 aromatic rings. The average Bonchev–Trinajstić information content (AvgIpc) is 3.63. The molecule has 0 aliphatic heterocycles. The highest BCUT2D eigenvalue weighted by Gasteiger charge is 2.17. The Labute approximate surface area is 336 Å². The van der Waals surface area contributed by atoms with E-state index in [9.17, 15) is 0 Å². The highest BCUT2D eigenvalue weighted by molar-refractivity contribution is 6.11. The van der Waals surface area contributed by atoms with Crippen molar-refractivity contribution in [3.05, 3.63) is 218 Å². The van der Waals surface area contributed by atoms with Crippen molar-refractivity contribution in [2.45, 2.75) is 0 Å². The third-order valence-electron chi connectivity index (χ3n) is 10.4. The van der Waals surface area contributed by atoms with E-state index in [0.717, 1.165) is 72.4 Å². The molecule has 0 bridgehead atoms. The Morgan fingerprint density at radius 3 is 1.31 bits per heavy atom. The van der Waals surface area contributed by atoms with Crippen LogP contribution in [0.1, 0.15) is 0 Å². The molecule has 0 aliphatic carbocycles. The molecule has 58 heavy (non-hydrogen) atoms. The molecule has 10 rings (SSSR count). The maximum Gasteiger partial charge on any atom is 0.188 e. The van der Waals surface area contributed by atoms with Gasteiger partial charge in [-0.1, -0.05) is 121 Å². The normalized spacial score (nSPS) is 11.1. The van der Waals surface area contributed by atoms with Crippen molar-refractivity contribution < 1.29 is 0 Å². The van der Waals surface area contributed by atoms with Crippen molar-refractivity contribution in [1.82, 2.24) is 19.5 Å². The molecule has 0 radical (unpaired) electrons. The Bertz CT molecular complexity index is 2990. The van der Waals surface area contributed by atoms with Crippen molar-refractivity contribution in [3.8, 4) is 51.0 Å². The van der Waals surface area contributed by atoms with E-state index in [1.807, 2.05) is 84.9 Å². The van der Waals surface area contributed by atoms with E-state index in [4.69, 9.17) is 21.5 Å². The van der Waals surface area contributed by atoms with Crippen LogP contribution in [0.2, 0.25) is 0 Å². The summed E-state index contributed by atoms with van der Waals surface area (Å²) in [6, 6.07) is 70.6. The van der Waals surface area contributed by atoms with Gasteiger partial charge >= 0.3 is 0 Å². The zero-order valence-corrected chi connectivity index (χ0v) is 31.3. The fourth-order valence-electron chi connectivity index (χ4n) is 7.64. The smallest absolute Gasteiger partial charge is 0.188 e. The Hall–Kier alpha value is -8.14. The quantitative estimate of drug-likeness (QED) is 0.145. The van der Waals surface area contributed by atoms with Gasteiger partial charge in [0, 0.05) is 44.8 Å². The lowest BCUT2D eigenvalue weighted by atomic mass is 10.0. The van der Waals surface area contributed by atoms with Crippen LogP contribution in [0.15, 0.2) is 206 Å². The van der Waals surface area contributed by atoms with E-state index in [-0.39, 0.29) is 0 Å². The molecule has 8 aromatic carbocycles. The van der Waals surface area contributed by atoms with Crippen LogP contribution in [-0.4, -0.2) is 19.5 Å². The highest BCUT2D eigenvalue weighted by atomic mass is 15.1. The molecule has 0 aliphatic rings. The molecule has 6 heteroatoms. The van der Waals surface area contributed by atoms with Crippen LogP contribution in [0, 0.1) is 6.57 Å². The number of nitrogens with zero attached hydrogens (tertiary/aromatic N) is 6. The molecule has 0 N–H and O–H groups in total. The number of fused-ring (bicyclic) bond motifs is 3. The van der Waals surface area contributed by atoms with Gasteiger partial charge in [-0.15, -0.1) is 0 Å². The van der Waals surface area contributed by atoms with Gasteiger partial charge in [0.25, 0.3) is 0 Å². The molecule has 0 saturated carbocycles. The van der Waals surface area contributed by atoms with Crippen molar-refractivity contribution in [2.75, 3.05) is 4.90 Å². The van der Waals surface area contributed by atoms with E-state index >= 15 is 0 Å². The van der Waals surface area contributed by atoms with Gasteiger partial charge in [-0.05, 0) is 101 Å². The summed E-state index contributed by atoms with van der Waals surface area (Å²) in [6.45, 7) is 7.80. The second kappa shape index (κ2) is 14.8. The maximum atomic E-state index is 7.80. The number of hydrogen-bond acceptors (Lipinski definition) is 4. The van der Waals surface area contributed by atoms with E-state index < -0.39 is 0 Å². The van der Waals surface area contributed by atoms with Gasteiger partial charge in [0.05, 0.1) is 17.6 Å². The van der Waals surface area contributed by atoms with Gasteiger partial charge in [-0.25, -0.2) is 19.8 Å². The first-order chi connectivity index (χ1) is 28.7. The van der Waals surface area contributed by atoms with Crippen LogP contribution < -0.4 is 4.90 Å². The van der Waals surface area contributed by atoms with Crippen LogP contribution in [0.25, 0.3) is 77.6 Å². The number of aromatic nitrogens is 4. The van der Waals surface area contributed by atoms with Crippen molar-refractivity contribution in [1.29, 1.82) is 0 Å². The molecule has 0 spiro atoms. The molecule has 272 valence electrons. The van der Waals surface area contributed by atoms with E-state index in [1.54, 1.807) is 0 Å². The van der Waals surface area contributed by atoms with Crippen molar-refractivity contribution in [3.63, 3.8) is 0 Å². The average molecular weight is 743 g/mol. The lowest BCUT2D eigenvalue weighted by molar-refractivity contribution is 1.07. The molecule has 0 unspecified atom stereocenters. The van der Waals surface area contributed by atoms with Crippen molar-refractivity contribution >= 4 is 44.6 Å². The number of hydrogen-bond donors (Lipinski definition) is 0. The lowest BCUT2D eigenvalue weighted by Crippen LogP contribution is -2.09. The second-order valence-corrected chi connectivity index (χ2v) is 14.0. The number of benzene rings is 8. The number of para-hydroxylation sites is 2. The molecule has 0 amide bonds. The fourth-order valence-corrected chi connectivity index (χ4v) is 7.64. The topological polar surface area (TPSA) is 51.2 Å². The molecule has 2 aromatic heterocycles. The predicted molar refractivity (Wildman–Crippen MR) is 237 cm³/mol. The maximum absolute atomic E-state index is 7.80. The monoisotopic (exact) mass is 742 g/mol. The molecular formula is C52H34N6. The Balaban J connectivity index is 1.04. The number of anilines is 3. The van der Waals surface area contributed by atoms with Gasteiger partial charge in [0.15, 0.2) is 23.2 Å². The first-order valence-electron chi connectivity index (χ1n) is 19.1. The molecule has 6 nitrogen and oxygen atoms in total. The molecule has 0 fully saturated rings. The van der Waals surface area contributed by atoms with Gasteiger partial charge in [0.1, 0.15) is 0 Å². The largest absolute Gasteiger partial charge is 0.311 e. The summed E-state index contributed by atoms with van der Waals surface area (Å²) in [5.74, 6) is 1.86. The molecular weight excluding hydrogens is 709 g/mol. The Kier molecular flexibility index (Phi) is 8.79. The molecule has 0 atom stereocenters. The van der Waals surface area contributed by atoms with Gasteiger partial charge in [0.2, 0.25) is 0 Å². The summed E-state index contributed by atoms with van der Waals surface area (Å²) < 4.78 is 2.27. The second-order valence-electron chi connectivity index (χ2n) is 14.0. The minimum atomic E-state index is 0.606. The van der Waals surface area contributed by atoms with Crippen LogP contribution >= 0.6 is 0 Å². The zero-order chi connectivity index (χ0) is 38.8. The summed E-state index contributed by atoms with van der Waals surface area (Å²) in [4.78, 5) is 20.8. The van der Waals surface area contributed by atoms with Gasteiger partial charge in [-0.3, -0.25) is 0 Å². The standard InChI is InChI=1S/C52H34N6/c1-53-41-27-33-49-47(35-41)46-34-40(36-22-28-44(29-23-36)57(42-18-10-4-11-19-42)43-20-12-5-13-21-43)26-32-48(46)58(49)45-30-24-39(25-31-45)52-55-50(37-14-6-2-7-15-37)54-51(56-52)38-16-8-3-9-17-38/h2-35H. The minimum Gasteiger partial charge on any atom is -0.311 e. The number of rotatable bonds is 8. The highest BCUT2D eigenvalue weighted by Crippen LogP contribution is 2.39. The molecule has 0 saturated heterocycles. The van der Waals surface area contributed by atoms with Gasteiger partial charge in [-0.2, -0.15) is 0 Å². The summed E-state index contributed by atoms with van der Waals surface area (Å²) >= 11 is 0. The van der Waals surface area contributed by atoms with Crippen molar-refractivity contribution in [2.24, 2.45) is 0 Å². The van der Waals surface area contributed by atoms with Crippen LogP contribution in [-0.2, 0) is 0 Å². The van der Waals surface area contributed by atoms with E-state index in [1.165, 1.54) is 0 Å². The van der Waals surface area contributed by atoms with Crippen LogP contribution in [0.4, 0.5) is 22.7 Å². The Morgan fingerprint density at radius 1 is 0.379 bits per heavy atom. The first-order valence-corrected chi connectivity index (χ1v) is 19.1. The zero-order valence-electron chi connectivity index (χ0n) is 31.3. The molecule has 2 heterocycles. The summed E-state index contributed by atoms with van der Waals surface area (Å²) in [6.07, 6.45) is 0. The third kappa shape index (κ3) is 6.43. The Morgan fingerprint density at radius 2 is 0.793 bits per heavy atom. The van der Waals surface area contributed by atoms with Crippen LogP contribution in [0.3, 0.4) is 0 Å². The van der Waals surface area contributed by atoms with E-state index in [0.29, 0.717) is 23.2 Å². The fraction of sp³-hybridized carbons (Fsp3) is 0. The van der Waals surface area contributed by atoms with E-state index in [2.05, 4.69) is 136 Å². The summed E-state index contributed by atoms with van der Waals surface area (Å²) in [7, 11) is 0. The van der Waals surface area contributed by atoms with Gasteiger partial charge < -0.3 is 9.47 Å². The summed E-state index contributed by atoms with van der Waals surface area (Å²) in [5, 5.41) is 2.11. The predicted octanol–water partition coefficient (Wildman–Crippen LogP) is 13.7. The summed E-state index contributed by atoms with van der Waals surface area (Å²) in [5.41, 5.74) is 11.9. The third-order valence-corrected chi connectivity index (χ3v) is 10.4. The first kappa shape index (κ1) is 34.4. The minimum absolute atomic E-state index is 0.606. The SMILES string of the molecule is [C-]#[N+]c1ccc2c(c1)c1cc(-c3ccc(N(c4ccccc4)c4ccccc4)cc3)ccc1n2-c1ccc(-c2nc(-c3ccccc3)nc(-c3ccccc3)n2)cc1. The van der Waals surface area contributed by atoms with Crippen LogP contribution in [0.5, 0.6) is 0 Å². The lowest BCUT2D eigenvalue weighted by Gasteiger charge is -2.25.